The van der Waals surface area contributed by atoms with E-state index in [0.29, 0.717) is 16.2 Å². The normalized spacial score (nSPS) is 12.3. The third kappa shape index (κ3) is 1.80. The number of benzene rings is 1. The molecule has 5 nitrogen and oxygen atoms in total. The van der Waals surface area contributed by atoms with E-state index in [0.717, 1.165) is 11.3 Å². The van der Waals surface area contributed by atoms with Gasteiger partial charge in [0.05, 0.1) is 0 Å². The Hall–Kier alpha value is -1.56. The second-order valence-corrected chi connectivity index (χ2v) is 3.84. The molecule has 2 N–H and O–H groups in total. The molecule has 1 aromatic carbocycles. The fourth-order valence-corrected chi connectivity index (χ4v) is 1.42. The Morgan fingerprint density at radius 1 is 1.47 bits per heavy atom. The molecule has 2 aromatic rings. The quantitative estimate of drug-likeness (QED) is 0.588. The SMILES string of the molecule is CSC(N)=Nc1c(C)ccc2nonc12. The van der Waals surface area contributed by atoms with Crippen molar-refractivity contribution >= 4 is 33.7 Å². The molecule has 2 rings (SSSR count). The molecule has 1 aromatic heterocycles. The first-order valence-electron chi connectivity index (χ1n) is 4.32. The fourth-order valence-electron chi connectivity index (χ4n) is 1.24. The van der Waals surface area contributed by atoms with Gasteiger partial charge in [-0.15, -0.1) is 0 Å². The molecule has 0 saturated heterocycles. The Bertz CT molecular complexity index is 520. The number of nitrogens with zero attached hydrogens (tertiary/aromatic N) is 3. The van der Waals surface area contributed by atoms with E-state index in [4.69, 9.17) is 5.73 Å². The summed E-state index contributed by atoms with van der Waals surface area (Å²) >= 11 is 1.39. The molecule has 0 aliphatic heterocycles. The van der Waals surface area contributed by atoms with Gasteiger partial charge in [0.15, 0.2) is 10.7 Å². The average Bonchev–Trinajstić information content (AvgIpc) is 2.70. The highest BCUT2D eigenvalue weighted by molar-refractivity contribution is 8.13. The molecule has 0 atom stereocenters. The molecule has 0 fully saturated rings. The number of hydrogen-bond donors (Lipinski definition) is 1. The van der Waals surface area contributed by atoms with Gasteiger partial charge in [-0.05, 0) is 35.1 Å². The van der Waals surface area contributed by atoms with Gasteiger partial charge in [-0.25, -0.2) is 9.62 Å². The number of thioether (sulfide) groups is 1. The lowest BCUT2D eigenvalue weighted by atomic mass is 10.2. The lowest BCUT2D eigenvalue weighted by molar-refractivity contribution is 0.315. The van der Waals surface area contributed by atoms with Crippen molar-refractivity contribution in [3.8, 4) is 0 Å². The van der Waals surface area contributed by atoms with Crippen LogP contribution in [-0.2, 0) is 0 Å². The predicted molar refractivity (Wildman–Crippen MR) is 61.3 cm³/mol. The summed E-state index contributed by atoms with van der Waals surface area (Å²) in [6, 6.07) is 3.76. The zero-order chi connectivity index (χ0) is 10.8. The van der Waals surface area contributed by atoms with Crippen LogP contribution in [0, 0.1) is 6.92 Å². The molecule has 0 aliphatic carbocycles. The van der Waals surface area contributed by atoms with E-state index in [9.17, 15) is 0 Å². The van der Waals surface area contributed by atoms with Crippen LogP contribution in [0.25, 0.3) is 11.0 Å². The summed E-state index contributed by atoms with van der Waals surface area (Å²) in [6.07, 6.45) is 1.87. The second kappa shape index (κ2) is 3.90. The van der Waals surface area contributed by atoms with Crippen molar-refractivity contribution in [1.82, 2.24) is 10.3 Å². The number of aryl methyl sites for hydroxylation is 1. The summed E-state index contributed by atoms with van der Waals surface area (Å²) in [7, 11) is 0. The lowest BCUT2D eigenvalue weighted by Crippen LogP contribution is -2.04. The number of nitrogens with two attached hydrogens (primary N) is 1. The van der Waals surface area contributed by atoms with Crippen molar-refractivity contribution in [2.75, 3.05) is 6.26 Å². The van der Waals surface area contributed by atoms with Gasteiger partial charge in [0.2, 0.25) is 0 Å². The predicted octanol–water partition coefficient (Wildman–Crippen LogP) is 1.84. The summed E-state index contributed by atoms with van der Waals surface area (Å²) < 4.78 is 4.66. The molecular weight excluding hydrogens is 212 g/mol. The number of rotatable bonds is 1. The van der Waals surface area contributed by atoms with Crippen LogP contribution in [0.2, 0.25) is 0 Å². The van der Waals surface area contributed by atoms with Crippen LogP contribution in [-0.4, -0.2) is 21.7 Å². The van der Waals surface area contributed by atoms with Crippen LogP contribution < -0.4 is 5.73 Å². The summed E-state index contributed by atoms with van der Waals surface area (Å²) in [5.74, 6) is 0. The topological polar surface area (TPSA) is 77.3 Å². The summed E-state index contributed by atoms with van der Waals surface area (Å²) in [6.45, 7) is 1.94. The van der Waals surface area contributed by atoms with Crippen molar-refractivity contribution in [1.29, 1.82) is 0 Å². The number of amidine groups is 1. The van der Waals surface area contributed by atoms with Crippen LogP contribution >= 0.6 is 11.8 Å². The Kier molecular flexibility index (Phi) is 2.59. The number of aromatic nitrogens is 2. The molecule has 78 valence electrons. The summed E-state index contributed by atoms with van der Waals surface area (Å²) in [4.78, 5) is 4.27. The van der Waals surface area contributed by atoms with Crippen LogP contribution in [0.4, 0.5) is 5.69 Å². The van der Waals surface area contributed by atoms with Gasteiger partial charge >= 0.3 is 0 Å². The first kappa shape index (κ1) is 9.97. The molecule has 0 unspecified atom stereocenters. The van der Waals surface area contributed by atoms with E-state index in [-0.39, 0.29) is 0 Å². The van der Waals surface area contributed by atoms with Gasteiger partial charge in [0, 0.05) is 0 Å². The van der Waals surface area contributed by atoms with Gasteiger partial charge in [0.25, 0.3) is 0 Å². The minimum absolute atomic E-state index is 0.494. The second-order valence-electron chi connectivity index (χ2n) is 3.02. The molecule has 1 heterocycles. The Morgan fingerprint density at radius 3 is 3.00 bits per heavy atom. The molecule has 0 bridgehead atoms. The maximum Gasteiger partial charge on any atom is 0.161 e. The van der Waals surface area contributed by atoms with E-state index in [2.05, 4.69) is 19.9 Å². The largest absolute Gasteiger partial charge is 0.378 e. The first-order chi connectivity index (χ1) is 7.22. The monoisotopic (exact) mass is 222 g/mol. The highest BCUT2D eigenvalue weighted by Crippen LogP contribution is 2.27. The van der Waals surface area contributed by atoms with E-state index in [1.165, 1.54) is 11.8 Å². The molecular formula is C9H10N4OS. The van der Waals surface area contributed by atoms with Crippen molar-refractivity contribution in [2.24, 2.45) is 10.7 Å². The number of aliphatic imine (C=N–C) groups is 1. The van der Waals surface area contributed by atoms with Crippen LogP contribution in [0.1, 0.15) is 5.56 Å². The third-order valence-electron chi connectivity index (χ3n) is 2.03. The molecule has 0 amide bonds. The molecule has 0 spiro atoms. The molecule has 15 heavy (non-hydrogen) atoms. The molecule has 6 heteroatoms. The Balaban J connectivity index is 2.66. The Labute approximate surface area is 90.7 Å². The molecule has 0 aliphatic rings. The number of fused-ring (bicyclic) bond motifs is 1. The van der Waals surface area contributed by atoms with Crippen LogP contribution in [0.3, 0.4) is 0 Å². The summed E-state index contributed by atoms with van der Waals surface area (Å²) in [5, 5.41) is 8.05. The fraction of sp³-hybridized carbons (Fsp3) is 0.222. The minimum atomic E-state index is 0.494. The highest BCUT2D eigenvalue weighted by atomic mass is 32.2. The van der Waals surface area contributed by atoms with E-state index < -0.39 is 0 Å². The molecule has 0 radical (unpaired) electrons. The smallest absolute Gasteiger partial charge is 0.161 e. The first-order valence-corrected chi connectivity index (χ1v) is 5.55. The zero-order valence-corrected chi connectivity index (χ0v) is 9.21. The van der Waals surface area contributed by atoms with Crippen LogP contribution in [0.15, 0.2) is 21.8 Å². The molecule has 0 saturated carbocycles. The lowest BCUT2D eigenvalue weighted by Gasteiger charge is -2.00. The van der Waals surface area contributed by atoms with Gasteiger partial charge in [-0.3, -0.25) is 0 Å². The minimum Gasteiger partial charge on any atom is -0.378 e. The van der Waals surface area contributed by atoms with Crippen molar-refractivity contribution in [3.63, 3.8) is 0 Å². The van der Waals surface area contributed by atoms with Crippen molar-refractivity contribution in [3.05, 3.63) is 17.7 Å². The maximum atomic E-state index is 5.67. The maximum absolute atomic E-state index is 5.67. The van der Waals surface area contributed by atoms with Gasteiger partial charge in [0.1, 0.15) is 11.2 Å². The standard InChI is InChI=1S/C9H10N4OS/c1-5-3-4-6-8(13-14-12-6)7(5)11-9(10)15-2/h3-4H,1-2H3,(H2,10,11). The highest BCUT2D eigenvalue weighted by Gasteiger charge is 2.09. The van der Waals surface area contributed by atoms with Crippen molar-refractivity contribution < 1.29 is 4.63 Å². The zero-order valence-electron chi connectivity index (χ0n) is 8.39. The Morgan fingerprint density at radius 2 is 2.27 bits per heavy atom. The van der Waals surface area contributed by atoms with Gasteiger partial charge in [-0.1, -0.05) is 17.8 Å². The van der Waals surface area contributed by atoms with Gasteiger partial charge in [-0.2, -0.15) is 0 Å². The number of hydrogen-bond acceptors (Lipinski definition) is 5. The third-order valence-corrected chi connectivity index (χ3v) is 2.54. The van der Waals surface area contributed by atoms with E-state index >= 15 is 0 Å². The van der Waals surface area contributed by atoms with Crippen molar-refractivity contribution in [2.45, 2.75) is 6.92 Å². The average molecular weight is 222 g/mol. The van der Waals surface area contributed by atoms with Crippen LogP contribution in [0.5, 0.6) is 0 Å². The summed E-state index contributed by atoms with van der Waals surface area (Å²) in [5.41, 5.74) is 8.72. The van der Waals surface area contributed by atoms with Gasteiger partial charge < -0.3 is 5.73 Å². The van der Waals surface area contributed by atoms with E-state index in [1.54, 1.807) is 0 Å². The van der Waals surface area contributed by atoms with E-state index in [1.807, 2.05) is 25.3 Å².